The Labute approximate surface area is 143 Å². The van der Waals surface area contributed by atoms with Gasteiger partial charge in [0.05, 0.1) is 12.1 Å². The van der Waals surface area contributed by atoms with Crippen LogP contribution in [0.4, 0.5) is 4.79 Å². The predicted octanol–water partition coefficient (Wildman–Crippen LogP) is 4.59. The third-order valence-corrected chi connectivity index (χ3v) is 5.08. The van der Waals surface area contributed by atoms with E-state index in [2.05, 4.69) is 34.9 Å². The van der Waals surface area contributed by atoms with Gasteiger partial charge in [-0.05, 0) is 48.6 Å². The molecule has 0 bridgehead atoms. The summed E-state index contributed by atoms with van der Waals surface area (Å²) in [6, 6.07) is 20.9. The van der Waals surface area contributed by atoms with Gasteiger partial charge in [0.1, 0.15) is 0 Å². The lowest BCUT2D eigenvalue weighted by Crippen LogP contribution is -2.41. The van der Waals surface area contributed by atoms with E-state index >= 15 is 0 Å². The highest BCUT2D eigenvalue weighted by molar-refractivity contribution is 5.75. The van der Waals surface area contributed by atoms with Crippen LogP contribution in [0.1, 0.15) is 48.9 Å². The summed E-state index contributed by atoms with van der Waals surface area (Å²) < 4.78 is 0. The van der Waals surface area contributed by atoms with Crippen LogP contribution in [0.5, 0.6) is 0 Å². The smallest absolute Gasteiger partial charge is 0.315 e. The van der Waals surface area contributed by atoms with E-state index in [4.69, 9.17) is 0 Å². The Morgan fingerprint density at radius 3 is 1.42 bits per heavy atom. The minimum Gasteiger partial charge on any atom is -0.331 e. The second kappa shape index (κ2) is 6.68. The zero-order valence-corrected chi connectivity index (χ0v) is 13.8. The summed E-state index contributed by atoms with van der Waals surface area (Å²) >= 11 is 0. The molecule has 4 rings (SSSR count). The second-order valence-electron chi connectivity index (χ2n) is 7.07. The second-order valence-corrected chi connectivity index (χ2v) is 7.07. The monoisotopic (exact) mass is 320 g/mol. The van der Waals surface area contributed by atoms with E-state index < -0.39 is 0 Å². The van der Waals surface area contributed by atoms with Gasteiger partial charge in [-0.1, -0.05) is 60.7 Å². The Kier molecular flexibility index (Phi) is 4.24. The van der Waals surface area contributed by atoms with Crippen LogP contribution in [0.2, 0.25) is 0 Å². The molecule has 2 atom stereocenters. The summed E-state index contributed by atoms with van der Waals surface area (Å²) in [7, 11) is 0. The molecule has 0 saturated heterocycles. The standard InChI is InChI=1S/C21H24N2O/c24-21(22-19(17-11-12-17)15-7-3-1-4-8-15)23-20(18-13-14-18)16-9-5-2-6-10-16/h1-10,17-20H,11-14H2,(H2,22,23,24). The fraction of sp³-hybridized carbons (Fsp3) is 0.381. The van der Waals surface area contributed by atoms with Crippen molar-refractivity contribution in [2.45, 2.75) is 37.8 Å². The molecule has 3 heteroatoms. The molecule has 2 aliphatic carbocycles. The molecule has 2 unspecified atom stereocenters. The zero-order valence-electron chi connectivity index (χ0n) is 13.8. The van der Waals surface area contributed by atoms with Crippen molar-refractivity contribution in [2.24, 2.45) is 11.8 Å². The highest BCUT2D eigenvalue weighted by Gasteiger charge is 2.36. The molecule has 0 aromatic heterocycles. The van der Waals surface area contributed by atoms with Gasteiger partial charge in [-0.2, -0.15) is 0 Å². The van der Waals surface area contributed by atoms with Crippen molar-refractivity contribution in [1.29, 1.82) is 0 Å². The quantitative estimate of drug-likeness (QED) is 0.803. The van der Waals surface area contributed by atoms with Crippen LogP contribution in [0.25, 0.3) is 0 Å². The molecule has 0 heterocycles. The van der Waals surface area contributed by atoms with Gasteiger partial charge in [0, 0.05) is 0 Å². The van der Waals surface area contributed by atoms with E-state index in [1.54, 1.807) is 0 Å². The van der Waals surface area contributed by atoms with E-state index in [1.165, 1.54) is 36.8 Å². The Balaban J connectivity index is 1.45. The topological polar surface area (TPSA) is 41.1 Å². The van der Waals surface area contributed by atoms with Crippen LogP contribution in [0.15, 0.2) is 60.7 Å². The van der Waals surface area contributed by atoms with Crippen molar-refractivity contribution in [3.05, 3.63) is 71.8 Å². The lowest BCUT2D eigenvalue weighted by atomic mass is 10.0. The van der Waals surface area contributed by atoms with Crippen LogP contribution in [-0.4, -0.2) is 6.03 Å². The van der Waals surface area contributed by atoms with Gasteiger partial charge in [0.15, 0.2) is 0 Å². The first kappa shape index (κ1) is 15.3. The Bertz CT molecular complexity index is 618. The number of hydrogen-bond donors (Lipinski definition) is 2. The van der Waals surface area contributed by atoms with E-state index in [9.17, 15) is 4.79 Å². The number of carbonyl (C=O) groups is 1. The molecule has 0 radical (unpaired) electrons. The van der Waals surface area contributed by atoms with Crippen molar-refractivity contribution in [1.82, 2.24) is 10.6 Å². The highest BCUT2D eigenvalue weighted by Crippen LogP contribution is 2.42. The molecular weight excluding hydrogens is 296 g/mol. The fourth-order valence-electron chi connectivity index (χ4n) is 3.45. The third-order valence-electron chi connectivity index (χ3n) is 5.08. The Morgan fingerprint density at radius 2 is 1.08 bits per heavy atom. The van der Waals surface area contributed by atoms with Crippen molar-refractivity contribution in [3.63, 3.8) is 0 Å². The van der Waals surface area contributed by atoms with Crippen LogP contribution in [-0.2, 0) is 0 Å². The summed E-state index contributed by atoms with van der Waals surface area (Å²) in [6.07, 6.45) is 4.80. The zero-order chi connectivity index (χ0) is 16.4. The Morgan fingerprint density at radius 1 is 0.708 bits per heavy atom. The molecule has 0 aliphatic heterocycles. The van der Waals surface area contributed by atoms with Gasteiger partial charge in [0.2, 0.25) is 0 Å². The van der Waals surface area contributed by atoms with E-state index in [-0.39, 0.29) is 18.1 Å². The van der Waals surface area contributed by atoms with E-state index in [0.29, 0.717) is 11.8 Å². The molecule has 2 saturated carbocycles. The SMILES string of the molecule is O=C(NC(c1ccccc1)C1CC1)NC(c1ccccc1)C1CC1. The molecule has 2 aromatic carbocycles. The van der Waals surface area contributed by atoms with E-state index in [0.717, 1.165) is 0 Å². The fourth-order valence-corrected chi connectivity index (χ4v) is 3.45. The molecule has 24 heavy (non-hydrogen) atoms. The number of rotatable bonds is 6. The maximum atomic E-state index is 12.7. The van der Waals surface area contributed by atoms with Crippen LogP contribution in [0, 0.1) is 11.8 Å². The number of amides is 2. The number of urea groups is 1. The molecule has 2 amide bonds. The molecule has 0 spiro atoms. The molecule has 2 fully saturated rings. The van der Waals surface area contributed by atoms with Crippen molar-refractivity contribution in [3.8, 4) is 0 Å². The minimum absolute atomic E-state index is 0.0449. The molecule has 2 aliphatic rings. The molecular formula is C21H24N2O. The van der Waals surface area contributed by atoms with Gasteiger partial charge in [0.25, 0.3) is 0 Å². The van der Waals surface area contributed by atoms with Gasteiger partial charge in [-0.25, -0.2) is 4.79 Å². The lowest BCUT2D eigenvalue weighted by molar-refractivity contribution is 0.230. The van der Waals surface area contributed by atoms with Crippen molar-refractivity contribution < 1.29 is 4.79 Å². The normalized spacial score (nSPS) is 19.3. The average Bonchev–Trinajstić information content (AvgIpc) is 3.52. The van der Waals surface area contributed by atoms with Gasteiger partial charge in [-0.15, -0.1) is 0 Å². The molecule has 3 nitrogen and oxygen atoms in total. The number of nitrogens with one attached hydrogen (secondary N) is 2. The molecule has 124 valence electrons. The lowest BCUT2D eigenvalue weighted by Gasteiger charge is -2.23. The summed E-state index contributed by atoms with van der Waals surface area (Å²) in [5.41, 5.74) is 2.41. The van der Waals surface area contributed by atoms with Crippen LogP contribution in [0.3, 0.4) is 0 Å². The maximum absolute atomic E-state index is 12.7. The molecule has 2 aromatic rings. The number of benzene rings is 2. The summed E-state index contributed by atoms with van der Waals surface area (Å²) in [5, 5.41) is 6.46. The minimum atomic E-state index is -0.0449. The largest absolute Gasteiger partial charge is 0.331 e. The van der Waals surface area contributed by atoms with Gasteiger partial charge >= 0.3 is 6.03 Å². The number of carbonyl (C=O) groups excluding carboxylic acids is 1. The van der Waals surface area contributed by atoms with Crippen molar-refractivity contribution in [2.75, 3.05) is 0 Å². The van der Waals surface area contributed by atoms with Gasteiger partial charge in [-0.3, -0.25) is 0 Å². The first-order valence-electron chi connectivity index (χ1n) is 8.98. The highest BCUT2D eigenvalue weighted by atomic mass is 16.2. The first-order chi connectivity index (χ1) is 11.8. The summed E-state index contributed by atoms with van der Waals surface area (Å²) in [5.74, 6) is 1.16. The predicted molar refractivity (Wildman–Crippen MR) is 95.5 cm³/mol. The van der Waals surface area contributed by atoms with Crippen LogP contribution < -0.4 is 10.6 Å². The average molecular weight is 320 g/mol. The van der Waals surface area contributed by atoms with E-state index in [1.807, 2.05) is 36.4 Å². The van der Waals surface area contributed by atoms with Crippen LogP contribution >= 0.6 is 0 Å². The summed E-state index contributed by atoms with van der Waals surface area (Å²) in [4.78, 5) is 12.7. The van der Waals surface area contributed by atoms with Crippen molar-refractivity contribution >= 4 is 6.03 Å². The molecule has 2 N–H and O–H groups in total. The summed E-state index contributed by atoms with van der Waals surface area (Å²) in [6.45, 7) is 0. The number of hydrogen-bond acceptors (Lipinski definition) is 1. The maximum Gasteiger partial charge on any atom is 0.315 e. The Hall–Kier alpha value is -2.29. The van der Waals surface area contributed by atoms with Gasteiger partial charge < -0.3 is 10.6 Å². The first-order valence-corrected chi connectivity index (χ1v) is 8.98. The third kappa shape index (κ3) is 3.61.